The van der Waals surface area contributed by atoms with Crippen LogP contribution in [0.5, 0.6) is 0 Å². The lowest BCUT2D eigenvalue weighted by molar-refractivity contribution is -0.125. The minimum absolute atomic E-state index is 0.0351. The van der Waals surface area contributed by atoms with Crippen molar-refractivity contribution in [1.29, 1.82) is 0 Å². The van der Waals surface area contributed by atoms with E-state index in [-0.39, 0.29) is 24.4 Å². The van der Waals surface area contributed by atoms with Gasteiger partial charge in [0.15, 0.2) is 0 Å². The number of carbonyl (C=O) groups excluding carboxylic acids is 3. The highest BCUT2D eigenvalue weighted by molar-refractivity contribution is 5.97. The number of aliphatic hydroxyl groups excluding tert-OH is 2. The van der Waals surface area contributed by atoms with Crippen molar-refractivity contribution in [3.8, 4) is 0 Å². The molecule has 124 valence electrons. The van der Waals surface area contributed by atoms with Gasteiger partial charge in [-0.2, -0.15) is 0 Å². The van der Waals surface area contributed by atoms with E-state index in [9.17, 15) is 24.6 Å². The molecule has 0 aromatic rings. The number of aliphatic hydroxyl groups is 2. The van der Waals surface area contributed by atoms with E-state index in [4.69, 9.17) is 5.73 Å². The van der Waals surface area contributed by atoms with Crippen molar-refractivity contribution in [1.82, 2.24) is 16.0 Å². The summed E-state index contributed by atoms with van der Waals surface area (Å²) in [7, 11) is 1.59. The van der Waals surface area contributed by atoms with Crippen molar-refractivity contribution in [2.75, 3.05) is 13.6 Å². The molecule has 0 spiro atoms. The number of nitrogens with two attached hydrogens (primary N) is 1. The Morgan fingerprint density at radius 1 is 1.41 bits per heavy atom. The molecule has 0 aromatic carbocycles. The molecular formula is C13H22N4O5. The SMILES string of the molecule is CNCC(=O)N[C@@H]1C=C(C(=O)N[C@H](C)C(N)=O)C[C@@H](O)[C@@H]1O. The maximum atomic E-state index is 12.0. The van der Waals surface area contributed by atoms with Gasteiger partial charge >= 0.3 is 0 Å². The van der Waals surface area contributed by atoms with E-state index in [0.717, 1.165) is 0 Å². The smallest absolute Gasteiger partial charge is 0.247 e. The third-order valence-corrected chi connectivity index (χ3v) is 3.30. The molecule has 0 aromatic heterocycles. The van der Waals surface area contributed by atoms with Crippen LogP contribution in [0.2, 0.25) is 0 Å². The van der Waals surface area contributed by atoms with Crippen LogP contribution in [0.25, 0.3) is 0 Å². The molecule has 0 unspecified atom stereocenters. The Hall–Kier alpha value is -1.97. The summed E-state index contributed by atoms with van der Waals surface area (Å²) >= 11 is 0. The summed E-state index contributed by atoms with van der Waals surface area (Å²) < 4.78 is 0. The zero-order chi connectivity index (χ0) is 16.9. The molecule has 1 aliphatic carbocycles. The van der Waals surface area contributed by atoms with Gasteiger partial charge in [-0.05, 0) is 14.0 Å². The minimum Gasteiger partial charge on any atom is -0.390 e. The van der Waals surface area contributed by atoms with Gasteiger partial charge in [0, 0.05) is 12.0 Å². The van der Waals surface area contributed by atoms with E-state index in [1.165, 1.54) is 13.0 Å². The normalized spacial score (nSPS) is 25.8. The van der Waals surface area contributed by atoms with Crippen LogP contribution < -0.4 is 21.7 Å². The average Bonchev–Trinajstić information content (AvgIpc) is 2.43. The third-order valence-electron chi connectivity index (χ3n) is 3.30. The number of nitrogens with one attached hydrogen (secondary N) is 3. The van der Waals surface area contributed by atoms with E-state index in [1.54, 1.807) is 7.05 Å². The standard InChI is InChI=1S/C13H22N4O5/c1-6(12(14)21)16-13(22)7-3-8(11(20)9(18)4-7)17-10(19)5-15-2/h3,6,8-9,11,15,18,20H,4-5H2,1-2H3,(H2,14,21)(H,16,22)(H,17,19)/t6-,8-,9-,11-/m1/s1. The predicted octanol–water partition coefficient (Wildman–Crippen LogP) is -3.27. The van der Waals surface area contributed by atoms with Crippen LogP contribution in [0, 0.1) is 0 Å². The second kappa shape index (κ2) is 7.87. The first kappa shape index (κ1) is 18.1. The summed E-state index contributed by atoms with van der Waals surface area (Å²) in [6.07, 6.45) is -1.13. The fourth-order valence-corrected chi connectivity index (χ4v) is 2.02. The van der Waals surface area contributed by atoms with Crippen molar-refractivity contribution < 1.29 is 24.6 Å². The molecular weight excluding hydrogens is 292 g/mol. The first-order valence-electron chi connectivity index (χ1n) is 6.87. The number of likely N-dealkylation sites (N-methyl/N-ethyl adjacent to an activating group) is 1. The number of amides is 3. The quantitative estimate of drug-likeness (QED) is 0.302. The molecule has 0 heterocycles. The Bertz CT molecular complexity index is 479. The van der Waals surface area contributed by atoms with Crippen molar-refractivity contribution in [2.45, 2.75) is 37.6 Å². The lowest BCUT2D eigenvalue weighted by Crippen LogP contribution is -2.53. The maximum Gasteiger partial charge on any atom is 0.247 e. The number of primary amides is 1. The van der Waals surface area contributed by atoms with Gasteiger partial charge in [0.05, 0.1) is 18.7 Å². The molecule has 22 heavy (non-hydrogen) atoms. The van der Waals surface area contributed by atoms with Crippen molar-refractivity contribution in [2.24, 2.45) is 5.73 Å². The largest absolute Gasteiger partial charge is 0.390 e. The maximum absolute atomic E-state index is 12.0. The molecule has 1 aliphatic rings. The van der Waals surface area contributed by atoms with Crippen molar-refractivity contribution in [3.63, 3.8) is 0 Å². The van der Waals surface area contributed by atoms with Crippen LogP contribution in [0.3, 0.4) is 0 Å². The number of carbonyl (C=O) groups is 3. The van der Waals surface area contributed by atoms with Crippen LogP contribution in [0.4, 0.5) is 0 Å². The Balaban J connectivity index is 2.82. The Morgan fingerprint density at radius 2 is 2.05 bits per heavy atom. The Labute approximate surface area is 127 Å². The fourth-order valence-electron chi connectivity index (χ4n) is 2.02. The lowest BCUT2D eigenvalue weighted by atomic mass is 9.90. The lowest BCUT2D eigenvalue weighted by Gasteiger charge is -2.31. The number of rotatable bonds is 6. The van der Waals surface area contributed by atoms with Crippen molar-refractivity contribution in [3.05, 3.63) is 11.6 Å². The summed E-state index contributed by atoms with van der Waals surface area (Å²) in [6, 6.07) is -1.76. The van der Waals surface area contributed by atoms with E-state index < -0.39 is 36.1 Å². The van der Waals surface area contributed by atoms with E-state index in [1.807, 2.05) is 0 Å². The van der Waals surface area contributed by atoms with Gasteiger partial charge in [-0.15, -0.1) is 0 Å². The summed E-state index contributed by atoms with van der Waals surface area (Å²) in [5.41, 5.74) is 5.23. The third kappa shape index (κ3) is 4.79. The van der Waals surface area contributed by atoms with Crippen LogP contribution in [0.15, 0.2) is 11.6 Å². The Kier molecular flexibility index (Phi) is 6.47. The number of hydrogen-bond acceptors (Lipinski definition) is 6. The highest BCUT2D eigenvalue weighted by Gasteiger charge is 2.33. The molecule has 9 heteroatoms. The average molecular weight is 314 g/mol. The molecule has 0 aliphatic heterocycles. The summed E-state index contributed by atoms with van der Waals surface area (Å²) in [6.45, 7) is 1.47. The zero-order valence-electron chi connectivity index (χ0n) is 12.5. The predicted molar refractivity (Wildman–Crippen MR) is 77.4 cm³/mol. The van der Waals surface area contributed by atoms with E-state index in [0.29, 0.717) is 0 Å². The molecule has 4 atom stereocenters. The Morgan fingerprint density at radius 3 is 2.59 bits per heavy atom. The first-order chi connectivity index (χ1) is 10.3. The van der Waals surface area contributed by atoms with Gasteiger partial charge in [0.25, 0.3) is 0 Å². The molecule has 0 radical (unpaired) electrons. The van der Waals surface area contributed by atoms with Gasteiger partial charge in [-0.3, -0.25) is 14.4 Å². The molecule has 3 amide bonds. The molecule has 7 N–H and O–H groups in total. The van der Waals surface area contributed by atoms with E-state index in [2.05, 4.69) is 16.0 Å². The molecule has 1 rings (SSSR count). The first-order valence-corrected chi connectivity index (χ1v) is 6.87. The molecule has 0 bridgehead atoms. The topological polar surface area (TPSA) is 154 Å². The van der Waals surface area contributed by atoms with Gasteiger partial charge < -0.3 is 31.9 Å². The summed E-state index contributed by atoms with van der Waals surface area (Å²) in [5.74, 6) is -1.66. The van der Waals surface area contributed by atoms with Crippen LogP contribution >= 0.6 is 0 Å². The number of hydrogen-bond donors (Lipinski definition) is 6. The zero-order valence-corrected chi connectivity index (χ0v) is 12.5. The van der Waals surface area contributed by atoms with Crippen LogP contribution in [-0.4, -0.2) is 65.8 Å². The van der Waals surface area contributed by atoms with Crippen molar-refractivity contribution >= 4 is 17.7 Å². The van der Waals surface area contributed by atoms with Gasteiger partial charge in [-0.25, -0.2) is 0 Å². The summed E-state index contributed by atoms with van der Waals surface area (Å²) in [4.78, 5) is 34.5. The molecule has 0 saturated heterocycles. The van der Waals surface area contributed by atoms with Gasteiger partial charge in [-0.1, -0.05) is 6.08 Å². The minimum atomic E-state index is -1.22. The highest BCUT2D eigenvalue weighted by Crippen LogP contribution is 2.20. The second-order valence-electron chi connectivity index (χ2n) is 5.18. The van der Waals surface area contributed by atoms with Gasteiger partial charge in [0.2, 0.25) is 17.7 Å². The summed E-state index contributed by atoms with van der Waals surface area (Å²) in [5, 5.41) is 27.2. The molecule has 9 nitrogen and oxygen atoms in total. The van der Waals surface area contributed by atoms with Crippen LogP contribution in [-0.2, 0) is 14.4 Å². The van der Waals surface area contributed by atoms with E-state index >= 15 is 0 Å². The monoisotopic (exact) mass is 314 g/mol. The van der Waals surface area contributed by atoms with Gasteiger partial charge in [0.1, 0.15) is 12.1 Å². The van der Waals surface area contributed by atoms with Crippen LogP contribution in [0.1, 0.15) is 13.3 Å². The molecule has 0 fully saturated rings. The second-order valence-corrected chi connectivity index (χ2v) is 5.18. The highest BCUT2D eigenvalue weighted by atomic mass is 16.3. The molecule has 0 saturated carbocycles. The fraction of sp³-hybridized carbons (Fsp3) is 0.615.